The molecule has 8 heteroatoms. The zero-order valence-electron chi connectivity index (χ0n) is 18.0. The number of hydrogen-bond donors (Lipinski definition) is 1. The lowest BCUT2D eigenvalue weighted by atomic mass is 9.98. The molecule has 170 valence electrons. The van der Waals surface area contributed by atoms with E-state index in [9.17, 15) is 9.59 Å². The third-order valence-corrected chi connectivity index (χ3v) is 6.49. The van der Waals surface area contributed by atoms with Crippen LogP contribution in [0.1, 0.15) is 34.5 Å². The number of carbonyl (C=O) groups excluding carboxylic acids is 2. The number of hydrogen-bond acceptors (Lipinski definition) is 5. The molecule has 0 spiro atoms. The van der Waals surface area contributed by atoms with Crippen LogP contribution in [0.3, 0.4) is 0 Å². The smallest absolute Gasteiger partial charge is 0.276 e. The molecule has 0 aliphatic carbocycles. The van der Waals surface area contributed by atoms with Gasteiger partial charge in [-0.05, 0) is 48.2 Å². The highest BCUT2D eigenvalue weighted by atomic mass is 35.5. The van der Waals surface area contributed by atoms with Crippen LogP contribution in [0.2, 0.25) is 5.02 Å². The first kappa shape index (κ1) is 21.7. The second-order valence-electron chi connectivity index (χ2n) is 8.43. The average Bonchev–Trinajstić information content (AvgIpc) is 3.34. The maximum atomic E-state index is 12.9. The van der Waals surface area contributed by atoms with Crippen molar-refractivity contribution in [3.63, 3.8) is 0 Å². The van der Waals surface area contributed by atoms with Gasteiger partial charge in [0.15, 0.2) is 11.5 Å². The number of piperidine rings is 1. The number of carbonyl (C=O) groups is 2. The number of nitrogens with zero attached hydrogens (tertiary/aromatic N) is 2. The van der Waals surface area contributed by atoms with Crippen LogP contribution in [-0.4, -0.2) is 47.1 Å². The molecule has 2 aromatic carbocycles. The van der Waals surface area contributed by atoms with E-state index in [0.29, 0.717) is 49.7 Å². The molecule has 3 aromatic rings. The van der Waals surface area contributed by atoms with Crippen LogP contribution in [0.4, 0.5) is 0 Å². The van der Waals surface area contributed by atoms with Gasteiger partial charge in [0.2, 0.25) is 5.91 Å². The molecule has 3 heterocycles. The predicted molar refractivity (Wildman–Crippen MR) is 123 cm³/mol. The monoisotopic (exact) mass is 465 g/mol. The molecule has 7 nitrogen and oxygen atoms in total. The molecular weight excluding hydrogens is 442 g/mol. The van der Waals surface area contributed by atoms with Gasteiger partial charge in [-0.3, -0.25) is 9.59 Å². The van der Waals surface area contributed by atoms with E-state index >= 15 is 0 Å². The minimum Gasteiger partial charge on any atom is -0.363 e. The molecule has 0 bridgehead atoms. The van der Waals surface area contributed by atoms with E-state index < -0.39 is 6.10 Å². The summed E-state index contributed by atoms with van der Waals surface area (Å²) in [6, 6.07) is 16.9. The molecule has 33 heavy (non-hydrogen) atoms. The van der Waals surface area contributed by atoms with E-state index in [2.05, 4.69) is 10.5 Å². The Hall–Kier alpha value is -3.16. The second kappa shape index (κ2) is 9.37. The number of ether oxygens (including phenoxy) is 1. The van der Waals surface area contributed by atoms with Gasteiger partial charge in [0.25, 0.3) is 5.91 Å². The van der Waals surface area contributed by atoms with Crippen molar-refractivity contribution < 1.29 is 18.8 Å². The van der Waals surface area contributed by atoms with Gasteiger partial charge >= 0.3 is 0 Å². The second-order valence-corrected chi connectivity index (χ2v) is 8.87. The van der Waals surface area contributed by atoms with E-state index in [4.69, 9.17) is 20.9 Å². The molecule has 1 unspecified atom stereocenters. The summed E-state index contributed by atoms with van der Waals surface area (Å²) in [5, 5.41) is 7.68. The molecule has 1 N–H and O–H groups in total. The molecule has 1 fully saturated rings. The fourth-order valence-electron chi connectivity index (χ4n) is 4.32. The molecule has 1 saturated heterocycles. The normalized spacial score (nSPS) is 18.6. The van der Waals surface area contributed by atoms with Gasteiger partial charge in [0, 0.05) is 42.2 Å². The maximum Gasteiger partial charge on any atom is 0.276 e. The van der Waals surface area contributed by atoms with Crippen molar-refractivity contribution in [2.24, 2.45) is 0 Å². The molecule has 0 saturated carbocycles. The highest BCUT2D eigenvalue weighted by Gasteiger charge is 2.30. The number of amides is 2. The minimum atomic E-state index is -0.471. The zero-order valence-corrected chi connectivity index (χ0v) is 18.8. The number of likely N-dealkylation sites (tertiary alicyclic amines) is 1. The SMILES string of the molecule is O=C(NC1CCN(C(=O)c2cc(-c3ccc(Cl)cc3)on2)CC1)C1Cc2ccccc2CO1. The van der Waals surface area contributed by atoms with Crippen LogP contribution in [0.15, 0.2) is 59.1 Å². The van der Waals surface area contributed by atoms with Crippen molar-refractivity contribution in [2.45, 2.75) is 38.0 Å². The summed E-state index contributed by atoms with van der Waals surface area (Å²) < 4.78 is 11.1. The maximum absolute atomic E-state index is 12.9. The Bertz CT molecular complexity index is 1150. The summed E-state index contributed by atoms with van der Waals surface area (Å²) in [6.45, 7) is 1.54. The molecule has 0 radical (unpaired) electrons. The van der Waals surface area contributed by atoms with E-state index in [1.54, 1.807) is 23.1 Å². The number of halogens is 1. The van der Waals surface area contributed by atoms with Gasteiger partial charge in [-0.15, -0.1) is 0 Å². The Labute approximate surface area is 196 Å². The van der Waals surface area contributed by atoms with Crippen LogP contribution in [0, 0.1) is 0 Å². The predicted octanol–water partition coefficient (Wildman–Crippen LogP) is 3.86. The third kappa shape index (κ3) is 4.79. The third-order valence-electron chi connectivity index (χ3n) is 6.24. The highest BCUT2D eigenvalue weighted by Crippen LogP contribution is 2.24. The number of fused-ring (bicyclic) bond motifs is 1. The Kier molecular flexibility index (Phi) is 6.15. The fourth-order valence-corrected chi connectivity index (χ4v) is 4.45. The van der Waals surface area contributed by atoms with Gasteiger partial charge in [0.1, 0.15) is 6.10 Å². The highest BCUT2D eigenvalue weighted by molar-refractivity contribution is 6.30. The van der Waals surface area contributed by atoms with E-state index in [-0.39, 0.29) is 23.6 Å². The van der Waals surface area contributed by atoms with Crippen molar-refractivity contribution in [1.29, 1.82) is 0 Å². The lowest BCUT2D eigenvalue weighted by Crippen LogP contribution is -2.50. The summed E-state index contributed by atoms with van der Waals surface area (Å²) in [5.74, 6) is 0.264. The van der Waals surface area contributed by atoms with Gasteiger partial charge in [-0.1, -0.05) is 41.0 Å². The minimum absolute atomic E-state index is 0.0178. The van der Waals surface area contributed by atoms with E-state index in [1.165, 1.54) is 0 Å². The average molecular weight is 466 g/mol. The van der Waals surface area contributed by atoms with Crippen LogP contribution in [-0.2, 0) is 22.6 Å². The van der Waals surface area contributed by atoms with Crippen molar-refractivity contribution in [1.82, 2.24) is 15.4 Å². The quantitative estimate of drug-likeness (QED) is 0.632. The summed E-state index contributed by atoms with van der Waals surface area (Å²) >= 11 is 5.92. The number of rotatable bonds is 4. The molecule has 1 aromatic heterocycles. The number of aromatic nitrogens is 1. The number of nitrogens with one attached hydrogen (secondary N) is 1. The van der Waals surface area contributed by atoms with Crippen LogP contribution in [0.5, 0.6) is 0 Å². The molecule has 5 rings (SSSR count). The van der Waals surface area contributed by atoms with Gasteiger partial charge in [-0.25, -0.2) is 0 Å². The molecule has 2 aliphatic heterocycles. The first-order valence-electron chi connectivity index (χ1n) is 11.1. The van der Waals surface area contributed by atoms with E-state index in [0.717, 1.165) is 16.7 Å². The molecular formula is C25H24ClN3O4. The molecule has 2 amide bonds. The summed E-state index contributed by atoms with van der Waals surface area (Å²) in [7, 11) is 0. The zero-order chi connectivity index (χ0) is 22.8. The standard InChI is InChI=1S/C25H24ClN3O4/c26-19-7-5-16(6-8-19)22-14-21(28-33-22)25(31)29-11-9-20(10-12-29)27-24(30)23-13-17-3-1-2-4-18(17)15-32-23/h1-8,14,20,23H,9-13,15H2,(H,27,30). The van der Waals surface area contributed by atoms with Crippen molar-refractivity contribution >= 4 is 23.4 Å². The Morgan fingerprint density at radius 1 is 1.03 bits per heavy atom. The van der Waals surface area contributed by atoms with Crippen LogP contribution >= 0.6 is 11.6 Å². The van der Waals surface area contributed by atoms with Gasteiger partial charge < -0.3 is 19.5 Å². The van der Waals surface area contributed by atoms with Crippen molar-refractivity contribution in [2.75, 3.05) is 13.1 Å². The Morgan fingerprint density at radius 3 is 2.52 bits per heavy atom. The summed E-state index contributed by atoms with van der Waals surface area (Å²) in [5.41, 5.74) is 3.38. The molecule has 1 atom stereocenters. The lowest BCUT2D eigenvalue weighted by molar-refractivity contribution is -0.135. The fraction of sp³-hybridized carbons (Fsp3) is 0.320. The van der Waals surface area contributed by atoms with Crippen LogP contribution < -0.4 is 5.32 Å². The lowest BCUT2D eigenvalue weighted by Gasteiger charge is -2.33. The Morgan fingerprint density at radius 2 is 1.76 bits per heavy atom. The molecule has 2 aliphatic rings. The van der Waals surface area contributed by atoms with Crippen molar-refractivity contribution in [3.05, 3.63) is 76.4 Å². The summed E-state index contributed by atoms with van der Waals surface area (Å²) in [4.78, 5) is 27.3. The van der Waals surface area contributed by atoms with E-state index in [1.807, 2.05) is 36.4 Å². The van der Waals surface area contributed by atoms with Crippen LogP contribution in [0.25, 0.3) is 11.3 Å². The first-order valence-corrected chi connectivity index (χ1v) is 11.5. The van der Waals surface area contributed by atoms with Crippen molar-refractivity contribution in [3.8, 4) is 11.3 Å². The number of benzene rings is 2. The summed E-state index contributed by atoms with van der Waals surface area (Å²) in [6.07, 6.45) is 1.48. The Balaban J connectivity index is 1.13. The van der Waals surface area contributed by atoms with Gasteiger partial charge in [0.05, 0.1) is 6.61 Å². The van der Waals surface area contributed by atoms with Gasteiger partial charge in [-0.2, -0.15) is 0 Å². The first-order chi connectivity index (χ1) is 16.1. The largest absolute Gasteiger partial charge is 0.363 e. The topological polar surface area (TPSA) is 84.7 Å².